The first-order chi connectivity index (χ1) is 11.6. The molecule has 0 bridgehead atoms. The van der Waals surface area contributed by atoms with Crippen LogP contribution in [0.15, 0.2) is 36.4 Å². The highest BCUT2D eigenvalue weighted by Gasteiger charge is 2.41. The van der Waals surface area contributed by atoms with E-state index in [0.29, 0.717) is 0 Å². The van der Waals surface area contributed by atoms with E-state index in [1.165, 1.54) is 38.1 Å². The number of hydrogen-bond donors (Lipinski definition) is 0. The standard InChI is InChI=1S/C17H12Cl2F2O4/c1-17(2,15(22)24-13-9(18)5-3-7-11(13)20)16(23)25-14-10(19)6-4-8-12(14)21/h3-8H,1-2H3. The Morgan fingerprint density at radius 2 is 1.20 bits per heavy atom. The molecule has 0 spiro atoms. The van der Waals surface area contributed by atoms with Crippen molar-refractivity contribution in [3.05, 3.63) is 58.1 Å². The average Bonchev–Trinajstić information content (AvgIpc) is 2.54. The first-order valence-electron chi connectivity index (χ1n) is 6.97. The van der Waals surface area contributed by atoms with Gasteiger partial charge < -0.3 is 9.47 Å². The average molecular weight is 389 g/mol. The van der Waals surface area contributed by atoms with Gasteiger partial charge in [0, 0.05) is 0 Å². The monoisotopic (exact) mass is 388 g/mol. The molecule has 0 aromatic heterocycles. The zero-order valence-electron chi connectivity index (χ0n) is 13.1. The Kier molecular flexibility index (Phi) is 5.65. The molecule has 0 aliphatic heterocycles. The molecule has 8 heteroatoms. The van der Waals surface area contributed by atoms with Gasteiger partial charge in [-0.1, -0.05) is 35.3 Å². The number of para-hydroxylation sites is 2. The van der Waals surface area contributed by atoms with Crippen LogP contribution in [0, 0.1) is 17.0 Å². The van der Waals surface area contributed by atoms with Gasteiger partial charge in [-0.25, -0.2) is 8.78 Å². The highest BCUT2D eigenvalue weighted by atomic mass is 35.5. The van der Waals surface area contributed by atoms with E-state index >= 15 is 0 Å². The van der Waals surface area contributed by atoms with Crippen molar-refractivity contribution < 1.29 is 27.8 Å². The van der Waals surface area contributed by atoms with Crippen molar-refractivity contribution in [3.63, 3.8) is 0 Å². The zero-order chi connectivity index (χ0) is 18.8. The summed E-state index contributed by atoms with van der Waals surface area (Å²) in [6, 6.07) is 7.37. The third kappa shape index (κ3) is 4.08. The van der Waals surface area contributed by atoms with Crippen LogP contribution in [0.1, 0.15) is 13.8 Å². The SMILES string of the molecule is CC(C)(C(=O)Oc1c(F)cccc1Cl)C(=O)Oc1c(F)cccc1Cl. The lowest BCUT2D eigenvalue weighted by molar-refractivity contribution is -0.158. The minimum absolute atomic E-state index is 0.144. The van der Waals surface area contributed by atoms with E-state index in [-0.39, 0.29) is 10.0 Å². The van der Waals surface area contributed by atoms with Crippen LogP contribution in [0.2, 0.25) is 10.0 Å². The molecule has 2 rings (SSSR count). The summed E-state index contributed by atoms with van der Waals surface area (Å²) in [5.74, 6) is -5.03. The number of esters is 2. The third-order valence-electron chi connectivity index (χ3n) is 3.25. The molecule has 0 N–H and O–H groups in total. The molecule has 0 radical (unpaired) electrons. The Bertz CT molecular complexity index is 729. The van der Waals surface area contributed by atoms with Gasteiger partial charge in [0.15, 0.2) is 28.5 Å². The Hall–Kier alpha value is -2.18. The van der Waals surface area contributed by atoms with Crippen molar-refractivity contribution in [2.75, 3.05) is 0 Å². The van der Waals surface area contributed by atoms with Crippen LogP contribution in [0.4, 0.5) is 8.78 Å². The van der Waals surface area contributed by atoms with Crippen molar-refractivity contribution >= 4 is 35.1 Å². The lowest BCUT2D eigenvalue weighted by Crippen LogP contribution is -2.40. The Labute approximate surface area is 152 Å². The highest BCUT2D eigenvalue weighted by Crippen LogP contribution is 2.32. The molecule has 0 saturated heterocycles. The zero-order valence-corrected chi connectivity index (χ0v) is 14.6. The van der Waals surface area contributed by atoms with E-state index in [2.05, 4.69) is 0 Å². The summed E-state index contributed by atoms with van der Waals surface area (Å²) in [4.78, 5) is 24.5. The van der Waals surface area contributed by atoms with Crippen LogP contribution in [-0.4, -0.2) is 11.9 Å². The number of carbonyl (C=O) groups excluding carboxylic acids is 2. The predicted octanol–water partition coefficient (Wildman–Crippen LogP) is 4.81. The highest BCUT2D eigenvalue weighted by molar-refractivity contribution is 6.32. The maximum atomic E-state index is 13.7. The topological polar surface area (TPSA) is 52.6 Å². The van der Waals surface area contributed by atoms with Crippen molar-refractivity contribution in [1.29, 1.82) is 0 Å². The van der Waals surface area contributed by atoms with E-state index in [1.807, 2.05) is 0 Å². The van der Waals surface area contributed by atoms with Gasteiger partial charge in [0.2, 0.25) is 0 Å². The van der Waals surface area contributed by atoms with Gasteiger partial charge in [0.25, 0.3) is 0 Å². The number of ether oxygens (including phenoxy) is 2. The van der Waals surface area contributed by atoms with Gasteiger partial charge in [0.05, 0.1) is 10.0 Å². The molecule has 0 aliphatic carbocycles. The van der Waals surface area contributed by atoms with Crippen LogP contribution < -0.4 is 9.47 Å². The molecule has 0 heterocycles. The number of hydrogen-bond acceptors (Lipinski definition) is 4. The Morgan fingerprint density at radius 1 is 0.840 bits per heavy atom. The van der Waals surface area contributed by atoms with Crippen LogP contribution >= 0.6 is 23.2 Å². The second kappa shape index (κ2) is 7.37. The fraction of sp³-hybridized carbons (Fsp3) is 0.176. The minimum Gasteiger partial charge on any atom is -0.421 e. The van der Waals surface area contributed by atoms with Crippen molar-refractivity contribution in [3.8, 4) is 11.5 Å². The molecule has 0 aliphatic rings. The van der Waals surface area contributed by atoms with Gasteiger partial charge in [0.1, 0.15) is 0 Å². The molecule has 0 saturated carbocycles. The third-order valence-corrected chi connectivity index (χ3v) is 3.84. The van der Waals surface area contributed by atoms with E-state index in [4.69, 9.17) is 32.7 Å². The number of benzene rings is 2. The maximum Gasteiger partial charge on any atom is 0.328 e. The van der Waals surface area contributed by atoms with E-state index < -0.39 is 40.5 Å². The smallest absolute Gasteiger partial charge is 0.328 e. The molecule has 0 unspecified atom stereocenters. The summed E-state index contributed by atoms with van der Waals surface area (Å²) in [7, 11) is 0. The number of carbonyl (C=O) groups is 2. The Balaban J connectivity index is 2.22. The predicted molar refractivity (Wildman–Crippen MR) is 87.9 cm³/mol. The summed E-state index contributed by atoms with van der Waals surface area (Å²) in [6.07, 6.45) is 0. The van der Waals surface area contributed by atoms with Gasteiger partial charge in [-0.05, 0) is 38.1 Å². The molecular weight excluding hydrogens is 377 g/mol. The van der Waals surface area contributed by atoms with Gasteiger partial charge in [-0.3, -0.25) is 9.59 Å². The van der Waals surface area contributed by atoms with Crippen LogP contribution in [0.5, 0.6) is 11.5 Å². The van der Waals surface area contributed by atoms with Gasteiger partial charge in [-0.2, -0.15) is 0 Å². The quantitative estimate of drug-likeness (QED) is 0.428. The van der Waals surface area contributed by atoms with E-state index in [1.54, 1.807) is 0 Å². The summed E-state index contributed by atoms with van der Waals surface area (Å²) >= 11 is 11.5. The van der Waals surface area contributed by atoms with Crippen molar-refractivity contribution in [2.45, 2.75) is 13.8 Å². The van der Waals surface area contributed by atoms with Crippen molar-refractivity contribution in [2.24, 2.45) is 5.41 Å². The van der Waals surface area contributed by atoms with E-state index in [0.717, 1.165) is 12.1 Å². The van der Waals surface area contributed by atoms with E-state index in [9.17, 15) is 18.4 Å². The lowest BCUT2D eigenvalue weighted by atomic mass is 9.94. The Morgan fingerprint density at radius 3 is 1.52 bits per heavy atom. The fourth-order valence-electron chi connectivity index (χ4n) is 1.68. The molecule has 0 amide bonds. The number of halogens is 4. The first kappa shape index (κ1) is 19.1. The second-order valence-corrected chi connectivity index (χ2v) is 6.32. The van der Waals surface area contributed by atoms with Crippen LogP contribution in [0.3, 0.4) is 0 Å². The molecule has 2 aromatic carbocycles. The molecular formula is C17H12Cl2F2O4. The number of rotatable bonds is 4. The fourth-order valence-corrected chi connectivity index (χ4v) is 2.09. The molecule has 0 fully saturated rings. The maximum absolute atomic E-state index is 13.7. The van der Waals surface area contributed by atoms with Gasteiger partial charge in [-0.15, -0.1) is 0 Å². The molecule has 4 nitrogen and oxygen atoms in total. The van der Waals surface area contributed by atoms with Crippen LogP contribution in [0.25, 0.3) is 0 Å². The molecule has 132 valence electrons. The summed E-state index contributed by atoms with van der Waals surface area (Å²) < 4.78 is 37.2. The normalized spacial score (nSPS) is 11.1. The van der Waals surface area contributed by atoms with Gasteiger partial charge >= 0.3 is 11.9 Å². The summed E-state index contributed by atoms with van der Waals surface area (Å²) in [5.41, 5.74) is -1.88. The van der Waals surface area contributed by atoms with Crippen LogP contribution in [-0.2, 0) is 9.59 Å². The summed E-state index contributed by atoms with van der Waals surface area (Å²) in [5, 5.41) is -0.288. The second-order valence-electron chi connectivity index (χ2n) is 5.51. The molecule has 2 aromatic rings. The first-order valence-corrected chi connectivity index (χ1v) is 7.72. The minimum atomic E-state index is -1.88. The lowest BCUT2D eigenvalue weighted by Gasteiger charge is -2.21. The largest absolute Gasteiger partial charge is 0.421 e. The molecule has 25 heavy (non-hydrogen) atoms. The summed E-state index contributed by atoms with van der Waals surface area (Å²) in [6.45, 7) is 2.36. The molecule has 0 atom stereocenters. The van der Waals surface area contributed by atoms with Crippen molar-refractivity contribution in [1.82, 2.24) is 0 Å².